The third-order valence-corrected chi connectivity index (χ3v) is 3.19. The molecule has 6 nitrogen and oxygen atoms in total. The standard InChI is InChI=1S/C14H16ClN3O3/c1-14(2,20)11-7-12(18-17-11)16-13(19)8-4-5-10(21-3)9(15)6-8/h4-7,20H,1-3H3,(H2,16,17,18,19). The summed E-state index contributed by atoms with van der Waals surface area (Å²) in [4.78, 5) is 12.1. The third-order valence-electron chi connectivity index (χ3n) is 2.89. The van der Waals surface area contributed by atoms with Crippen LogP contribution in [0.4, 0.5) is 5.82 Å². The number of carbonyl (C=O) groups excluding carboxylic acids is 1. The van der Waals surface area contributed by atoms with Crippen molar-refractivity contribution in [3.8, 4) is 5.75 Å². The highest BCUT2D eigenvalue weighted by Crippen LogP contribution is 2.25. The zero-order valence-corrected chi connectivity index (χ0v) is 12.7. The van der Waals surface area contributed by atoms with Crippen molar-refractivity contribution in [2.24, 2.45) is 0 Å². The van der Waals surface area contributed by atoms with E-state index in [0.717, 1.165) is 0 Å². The highest BCUT2D eigenvalue weighted by atomic mass is 35.5. The topological polar surface area (TPSA) is 87.2 Å². The Hall–Kier alpha value is -2.05. The molecule has 0 unspecified atom stereocenters. The molecule has 0 spiro atoms. The lowest BCUT2D eigenvalue weighted by Crippen LogP contribution is -2.15. The predicted octanol–water partition coefficient (Wildman–Crippen LogP) is 2.55. The maximum absolute atomic E-state index is 12.1. The van der Waals surface area contributed by atoms with Gasteiger partial charge in [0.15, 0.2) is 5.82 Å². The number of nitrogens with zero attached hydrogens (tertiary/aromatic N) is 1. The Labute approximate surface area is 127 Å². The molecule has 0 saturated carbocycles. The van der Waals surface area contributed by atoms with Crippen LogP contribution in [0, 0.1) is 0 Å². The number of aromatic nitrogens is 2. The van der Waals surface area contributed by atoms with Gasteiger partial charge >= 0.3 is 0 Å². The van der Waals surface area contributed by atoms with Crippen LogP contribution in [0.2, 0.25) is 5.02 Å². The highest BCUT2D eigenvalue weighted by molar-refractivity contribution is 6.32. The molecule has 1 heterocycles. The second-order valence-electron chi connectivity index (χ2n) is 5.03. The molecule has 0 aliphatic heterocycles. The van der Waals surface area contributed by atoms with Crippen LogP contribution < -0.4 is 10.1 Å². The van der Waals surface area contributed by atoms with E-state index >= 15 is 0 Å². The summed E-state index contributed by atoms with van der Waals surface area (Å²) in [6.07, 6.45) is 0. The largest absolute Gasteiger partial charge is 0.495 e. The SMILES string of the molecule is COc1ccc(C(=O)Nc2cc(C(C)(C)O)[nH]n2)cc1Cl. The number of anilines is 1. The smallest absolute Gasteiger partial charge is 0.256 e. The van der Waals surface area contributed by atoms with E-state index in [4.69, 9.17) is 16.3 Å². The summed E-state index contributed by atoms with van der Waals surface area (Å²) in [5, 5.41) is 19.4. The van der Waals surface area contributed by atoms with E-state index in [-0.39, 0.29) is 5.91 Å². The van der Waals surface area contributed by atoms with Gasteiger partial charge in [0.2, 0.25) is 0 Å². The van der Waals surface area contributed by atoms with Crippen LogP contribution in [0.5, 0.6) is 5.75 Å². The van der Waals surface area contributed by atoms with Crippen LogP contribution >= 0.6 is 11.6 Å². The zero-order valence-electron chi connectivity index (χ0n) is 11.9. The van der Waals surface area contributed by atoms with Crippen molar-refractivity contribution < 1.29 is 14.6 Å². The Morgan fingerprint density at radius 1 is 1.43 bits per heavy atom. The maximum Gasteiger partial charge on any atom is 0.256 e. The van der Waals surface area contributed by atoms with E-state index < -0.39 is 5.60 Å². The Morgan fingerprint density at radius 3 is 2.67 bits per heavy atom. The highest BCUT2D eigenvalue weighted by Gasteiger charge is 2.19. The summed E-state index contributed by atoms with van der Waals surface area (Å²) in [6.45, 7) is 3.24. The average molecular weight is 310 g/mol. The summed E-state index contributed by atoms with van der Waals surface area (Å²) in [5.41, 5.74) is -0.168. The minimum atomic E-state index is -1.06. The Morgan fingerprint density at radius 2 is 2.14 bits per heavy atom. The molecule has 0 fully saturated rings. The number of halogens is 1. The van der Waals surface area contributed by atoms with Gasteiger partial charge in [0.1, 0.15) is 11.4 Å². The van der Waals surface area contributed by atoms with Crippen LogP contribution in [-0.4, -0.2) is 28.3 Å². The normalized spacial score (nSPS) is 11.3. The van der Waals surface area contributed by atoms with Gasteiger partial charge in [-0.3, -0.25) is 9.89 Å². The average Bonchev–Trinajstić information content (AvgIpc) is 2.87. The quantitative estimate of drug-likeness (QED) is 0.810. The van der Waals surface area contributed by atoms with Crippen LogP contribution in [0.25, 0.3) is 0 Å². The van der Waals surface area contributed by atoms with Gasteiger partial charge in [0.25, 0.3) is 5.91 Å². The molecule has 0 aliphatic carbocycles. The van der Waals surface area contributed by atoms with E-state index in [0.29, 0.717) is 27.8 Å². The van der Waals surface area contributed by atoms with Crippen LogP contribution in [-0.2, 0) is 5.60 Å². The number of amides is 1. The zero-order chi connectivity index (χ0) is 15.6. The molecule has 112 valence electrons. The molecule has 1 aromatic heterocycles. The lowest BCUT2D eigenvalue weighted by molar-refractivity contribution is 0.0738. The van der Waals surface area contributed by atoms with E-state index in [1.165, 1.54) is 13.2 Å². The first-order chi connectivity index (χ1) is 9.81. The van der Waals surface area contributed by atoms with Crippen LogP contribution in [0.3, 0.4) is 0 Å². The third kappa shape index (κ3) is 3.53. The van der Waals surface area contributed by atoms with E-state index in [1.54, 1.807) is 32.0 Å². The molecule has 0 bridgehead atoms. The molecule has 2 rings (SSSR count). The molecule has 0 saturated heterocycles. The van der Waals surface area contributed by atoms with Crippen LogP contribution in [0.15, 0.2) is 24.3 Å². The van der Waals surface area contributed by atoms with Crippen molar-refractivity contribution >= 4 is 23.3 Å². The fourth-order valence-electron chi connectivity index (χ4n) is 1.70. The summed E-state index contributed by atoms with van der Waals surface area (Å²) < 4.78 is 5.03. The molecule has 0 aliphatic rings. The first-order valence-corrected chi connectivity index (χ1v) is 6.62. The number of ether oxygens (including phenoxy) is 1. The number of aromatic amines is 1. The molecule has 21 heavy (non-hydrogen) atoms. The summed E-state index contributed by atoms with van der Waals surface area (Å²) >= 11 is 5.98. The van der Waals surface area contributed by atoms with Crippen molar-refractivity contribution in [1.82, 2.24) is 10.2 Å². The monoisotopic (exact) mass is 309 g/mol. The first kappa shape index (κ1) is 15.3. The predicted molar refractivity (Wildman–Crippen MR) is 79.8 cm³/mol. The molecular weight excluding hydrogens is 294 g/mol. The molecule has 0 radical (unpaired) electrons. The summed E-state index contributed by atoms with van der Waals surface area (Å²) in [6, 6.07) is 6.30. The van der Waals surface area contributed by atoms with E-state index in [9.17, 15) is 9.90 Å². The Bertz CT molecular complexity index is 662. The van der Waals surface area contributed by atoms with Crippen LogP contribution in [0.1, 0.15) is 29.9 Å². The van der Waals surface area contributed by atoms with Gasteiger partial charge in [0, 0.05) is 11.6 Å². The Balaban J connectivity index is 2.14. The molecule has 1 amide bonds. The van der Waals surface area contributed by atoms with Gasteiger partial charge in [-0.2, -0.15) is 5.10 Å². The van der Waals surface area contributed by atoms with Gasteiger partial charge in [0.05, 0.1) is 17.8 Å². The summed E-state index contributed by atoms with van der Waals surface area (Å²) in [5.74, 6) is 0.467. The summed E-state index contributed by atoms with van der Waals surface area (Å²) in [7, 11) is 1.50. The van der Waals surface area contributed by atoms with Gasteiger partial charge in [-0.15, -0.1) is 0 Å². The number of nitrogens with one attached hydrogen (secondary N) is 2. The second kappa shape index (κ2) is 5.75. The molecule has 3 N–H and O–H groups in total. The number of hydrogen-bond acceptors (Lipinski definition) is 4. The van der Waals surface area contributed by atoms with E-state index in [1.807, 2.05) is 0 Å². The van der Waals surface area contributed by atoms with Gasteiger partial charge in [-0.25, -0.2) is 0 Å². The van der Waals surface area contributed by atoms with Crippen molar-refractivity contribution in [2.45, 2.75) is 19.4 Å². The van der Waals surface area contributed by atoms with Crippen molar-refractivity contribution in [3.05, 3.63) is 40.5 Å². The Kier molecular flexibility index (Phi) is 4.20. The van der Waals surface area contributed by atoms with Gasteiger partial charge < -0.3 is 15.2 Å². The number of carbonyl (C=O) groups is 1. The number of rotatable bonds is 4. The molecule has 0 atom stereocenters. The number of methoxy groups -OCH3 is 1. The van der Waals surface area contributed by atoms with Gasteiger partial charge in [-0.1, -0.05) is 11.6 Å². The maximum atomic E-state index is 12.1. The van der Waals surface area contributed by atoms with Crippen molar-refractivity contribution in [1.29, 1.82) is 0 Å². The van der Waals surface area contributed by atoms with Crippen molar-refractivity contribution in [2.75, 3.05) is 12.4 Å². The lowest BCUT2D eigenvalue weighted by Gasteiger charge is -2.13. The van der Waals surface area contributed by atoms with E-state index in [2.05, 4.69) is 15.5 Å². The van der Waals surface area contributed by atoms with Gasteiger partial charge in [-0.05, 0) is 32.0 Å². The molecule has 1 aromatic carbocycles. The lowest BCUT2D eigenvalue weighted by atomic mass is 10.1. The molecular formula is C14H16ClN3O3. The first-order valence-electron chi connectivity index (χ1n) is 6.24. The number of aliphatic hydroxyl groups is 1. The molecule has 7 heteroatoms. The fourth-order valence-corrected chi connectivity index (χ4v) is 1.95. The molecule has 2 aromatic rings. The van der Waals surface area contributed by atoms with Crippen molar-refractivity contribution in [3.63, 3.8) is 0 Å². The fraction of sp³-hybridized carbons (Fsp3) is 0.286. The second-order valence-corrected chi connectivity index (χ2v) is 5.44. The minimum absolute atomic E-state index is 0.323. The number of H-pyrrole nitrogens is 1. The number of benzene rings is 1. The number of hydrogen-bond donors (Lipinski definition) is 3. The minimum Gasteiger partial charge on any atom is -0.495 e.